The van der Waals surface area contributed by atoms with Crippen molar-refractivity contribution in [1.29, 1.82) is 0 Å². The minimum absolute atomic E-state index is 0.00902. The van der Waals surface area contributed by atoms with Crippen LogP contribution in [-0.4, -0.2) is 46.8 Å². The summed E-state index contributed by atoms with van der Waals surface area (Å²) in [6, 6.07) is 20.8. The Bertz CT molecular complexity index is 1700. The van der Waals surface area contributed by atoms with Crippen LogP contribution < -0.4 is 14.5 Å². The number of carbonyl (C=O) groups is 2. The highest BCUT2D eigenvalue weighted by Gasteiger charge is 2.28. The number of carbonyl (C=O) groups excluding carboxylic acids is 2. The van der Waals surface area contributed by atoms with E-state index in [4.69, 9.17) is 25.5 Å². The normalized spacial score (nSPS) is 11.3. The molecule has 0 fully saturated rings. The van der Waals surface area contributed by atoms with Gasteiger partial charge < -0.3 is 13.9 Å². The Morgan fingerprint density at radius 2 is 1.74 bits per heavy atom. The Kier molecular flexibility index (Phi) is 9.66. The molecule has 0 aliphatic heterocycles. The number of furan rings is 1. The fourth-order valence-electron chi connectivity index (χ4n) is 3.86. The number of rotatable bonds is 11. The van der Waals surface area contributed by atoms with Crippen molar-refractivity contribution in [3.63, 3.8) is 0 Å². The Morgan fingerprint density at radius 3 is 2.38 bits per heavy atom. The lowest BCUT2D eigenvalue weighted by atomic mass is 10.1. The van der Waals surface area contributed by atoms with Gasteiger partial charge in [0, 0.05) is 5.56 Å². The second-order valence-corrected chi connectivity index (χ2v) is 11.2. The molecule has 12 heteroatoms. The smallest absolute Gasteiger partial charge is 0.338 e. The zero-order chi connectivity index (χ0) is 30.3. The first-order valence-corrected chi connectivity index (χ1v) is 14.6. The number of ether oxygens (including phenoxy) is 2. The summed E-state index contributed by atoms with van der Waals surface area (Å²) in [6.45, 7) is 3.29. The van der Waals surface area contributed by atoms with Crippen LogP contribution in [0.1, 0.15) is 28.6 Å². The van der Waals surface area contributed by atoms with Crippen LogP contribution in [0.25, 0.3) is 11.3 Å². The van der Waals surface area contributed by atoms with Crippen LogP contribution in [0, 0.1) is 6.92 Å². The monoisotopic (exact) mass is 609 g/mol. The molecule has 3 aromatic carbocycles. The van der Waals surface area contributed by atoms with Crippen LogP contribution in [-0.2, 0) is 19.6 Å². The first kappa shape index (κ1) is 30.4. The van der Waals surface area contributed by atoms with E-state index in [9.17, 15) is 18.0 Å². The number of nitrogens with zero attached hydrogens (tertiary/aromatic N) is 2. The standard InChI is InChI=1S/C30H28ClN3O7S/c1-4-40-30(36)22-9-7-21(8-10-22)27-16-12-24(41-27)18-32-33-29(35)19-34(23-11-15-28(39-3)26(31)17-23)42(37,38)25-13-5-20(2)6-14-25/h5-18H,4,19H2,1-3H3,(H,33,35)/b32-18-. The maximum absolute atomic E-state index is 13.6. The second-order valence-electron chi connectivity index (χ2n) is 8.94. The molecule has 1 aromatic heterocycles. The minimum atomic E-state index is -4.14. The molecule has 1 heterocycles. The van der Waals surface area contributed by atoms with Gasteiger partial charge in [0.25, 0.3) is 15.9 Å². The van der Waals surface area contributed by atoms with Gasteiger partial charge in [0.05, 0.1) is 41.1 Å². The minimum Gasteiger partial charge on any atom is -0.495 e. The number of hydrogen-bond donors (Lipinski definition) is 1. The highest BCUT2D eigenvalue weighted by molar-refractivity contribution is 7.92. The van der Waals surface area contributed by atoms with E-state index in [0.717, 1.165) is 15.4 Å². The molecule has 0 saturated carbocycles. The third-order valence-electron chi connectivity index (χ3n) is 6.01. The number of methoxy groups -OCH3 is 1. The van der Waals surface area contributed by atoms with Gasteiger partial charge in [-0.1, -0.05) is 41.4 Å². The molecule has 42 heavy (non-hydrogen) atoms. The molecule has 0 bridgehead atoms. The predicted octanol–water partition coefficient (Wildman–Crippen LogP) is 5.44. The topological polar surface area (TPSA) is 128 Å². The number of halogens is 1. The summed E-state index contributed by atoms with van der Waals surface area (Å²) in [5, 5.41) is 4.10. The molecule has 0 saturated heterocycles. The molecular weight excluding hydrogens is 582 g/mol. The molecular formula is C30H28ClN3O7S. The number of esters is 1. The van der Waals surface area contributed by atoms with Crippen molar-refractivity contribution in [2.24, 2.45) is 5.10 Å². The van der Waals surface area contributed by atoms with Gasteiger partial charge in [0.15, 0.2) is 0 Å². The number of aryl methyl sites for hydroxylation is 1. The molecule has 1 amide bonds. The SMILES string of the molecule is CCOC(=O)c1ccc(-c2ccc(/C=N\NC(=O)CN(c3ccc(OC)c(Cl)c3)S(=O)(=O)c3ccc(C)cc3)o2)cc1. The van der Waals surface area contributed by atoms with E-state index in [2.05, 4.69) is 10.5 Å². The maximum atomic E-state index is 13.6. The van der Waals surface area contributed by atoms with E-state index in [1.165, 1.54) is 43.7 Å². The average molecular weight is 610 g/mol. The number of anilines is 1. The van der Waals surface area contributed by atoms with Crippen molar-refractivity contribution in [2.45, 2.75) is 18.7 Å². The van der Waals surface area contributed by atoms with Crippen LogP contribution in [0.4, 0.5) is 5.69 Å². The number of hydrazone groups is 1. The number of hydrogen-bond acceptors (Lipinski definition) is 8. The lowest BCUT2D eigenvalue weighted by molar-refractivity contribution is -0.119. The second kappa shape index (κ2) is 13.4. The Balaban J connectivity index is 1.48. The van der Waals surface area contributed by atoms with Crippen LogP contribution >= 0.6 is 11.6 Å². The van der Waals surface area contributed by atoms with Gasteiger partial charge in [-0.15, -0.1) is 0 Å². The summed E-state index contributed by atoms with van der Waals surface area (Å²) in [4.78, 5) is 24.7. The van der Waals surface area contributed by atoms with Gasteiger partial charge in [0.2, 0.25) is 0 Å². The molecule has 0 atom stereocenters. The summed E-state index contributed by atoms with van der Waals surface area (Å²) < 4.78 is 44.0. The van der Waals surface area contributed by atoms with Crippen LogP contribution in [0.3, 0.4) is 0 Å². The average Bonchev–Trinajstić information content (AvgIpc) is 3.45. The van der Waals surface area contributed by atoms with Gasteiger partial charge in [-0.3, -0.25) is 9.10 Å². The molecule has 0 radical (unpaired) electrons. The van der Waals surface area contributed by atoms with Gasteiger partial charge in [-0.25, -0.2) is 18.6 Å². The molecule has 0 spiro atoms. The third-order valence-corrected chi connectivity index (χ3v) is 8.09. The highest BCUT2D eigenvalue weighted by Crippen LogP contribution is 2.32. The molecule has 0 aliphatic carbocycles. The summed E-state index contributed by atoms with van der Waals surface area (Å²) in [5.74, 6) is 0.105. The molecule has 4 rings (SSSR count). The number of nitrogens with one attached hydrogen (secondary N) is 1. The van der Waals surface area contributed by atoms with Crippen molar-refractivity contribution in [3.8, 4) is 17.1 Å². The molecule has 10 nitrogen and oxygen atoms in total. The van der Waals surface area contributed by atoms with Crippen molar-refractivity contribution in [1.82, 2.24) is 5.43 Å². The first-order valence-electron chi connectivity index (χ1n) is 12.7. The van der Waals surface area contributed by atoms with E-state index in [1.54, 1.807) is 55.5 Å². The lowest BCUT2D eigenvalue weighted by Gasteiger charge is -2.24. The summed E-state index contributed by atoms with van der Waals surface area (Å²) >= 11 is 6.26. The summed E-state index contributed by atoms with van der Waals surface area (Å²) in [7, 11) is -2.70. The quantitative estimate of drug-likeness (QED) is 0.136. The van der Waals surface area contributed by atoms with Crippen molar-refractivity contribution in [3.05, 3.63) is 101 Å². The molecule has 1 N–H and O–H groups in total. The fraction of sp³-hybridized carbons (Fsp3) is 0.167. The fourth-order valence-corrected chi connectivity index (χ4v) is 5.52. The molecule has 0 aliphatic rings. The Morgan fingerprint density at radius 1 is 1.02 bits per heavy atom. The van der Waals surface area contributed by atoms with Crippen molar-refractivity contribution < 1.29 is 31.9 Å². The largest absolute Gasteiger partial charge is 0.495 e. The Hall–Kier alpha value is -4.61. The van der Waals surface area contributed by atoms with Gasteiger partial charge >= 0.3 is 5.97 Å². The van der Waals surface area contributed by atoms with Crippen molar-refractivity contribution in [2.75, 3.05) is 24.6 Å². The zero-order valence-corrected chi connectivity index (χ0v) is 24.6. The first-order chi connectivity index (χ1) is 20.1. The molecule has 4 aromatic rings. The summed E-state index contributed by atoms with van der Waals surface area (Å²) in [5.41, 5.74) is 4.54. The lowest BCUT2D eigenvalue weighted by Crippen LogP contribution is -2.39. The van der Waals surface area contributed by atoms with Gasteiger partial charge in [-0.05, 0) is 68.4 Å². The number of amides is 1. The van der Waals surface area contributed by atoms with Crippen molar-refractivity contribution >= 4 is 45.4 Å². The highest BCUT2D eigenvalue weighted by atomic mass is 35.5. The van der Waals surface area contributed by atoms with Crippen LogP contribution in [0.5, 0.6) is 5.75 Å². The van der Waals surface area contributed by atoms with E-state index in [0.29, 0.717) is 22.8 Å². The molecule has 0 unspecified atom stereocenters. The predicted molar refractivity (Wildman–Crippen MR) is 160 cm³/mol. The van der Waals surface area contributed by atoms with E-state index >= 15 is 0 Å². The maximum Gasteiger partial charge on any atom is 0.338 e. The number of sulfonamides is 1. The zero-order valence-electron chi connectivity index (χ0n) is 23.0. The van der Waals surface area contributed by atoms with E-state index < -0.39 is 28.4 Å². The van der Waals surface area contributed by atoms with E-state index in [-0.39, 0.29) is 22.2 Å². The van der Waals surface area contributed by atoms with E-state index in [1.807, 2.05) is 6.92 Å². The Labute approximate surface area is 248 Å². The molecule has 218 valence electrons. The van der Waals surface area contributed by atoms with Crippen LogP contribution in [0.2, 0.25) is 5.02 Å². The van der Waals surface area contributed by atoms with Crippen LogP contribution in [0.15, 0.2) is 93.3 Å². The third kappa shape index (κ3) is 7.17. The number of benzene rings is 3. The summed E-state index contributed by atoms with van der Waals surface area (Å²) in [6.07, 6.45) is 1.29. The van der Waals surface area contributed by atoms with Gasteiger partial charge in [-0.2, -0.15) is 5.10 Å². The van der Waals surface area contributed by atoms with Gasteiger partial charge in [0.1, 0.15) is 23.8 Å².